The summed E-state index contributed by atoms with van der Waals surface area (Å²) in [5.41, 5.74) is 14.0. The van der Waals surface area contributed by atoms with Crippen LogP contribution in [0.3, 0.4) is 0 Å². The van der Waals surface area contributed by atoms with E-state index >= 15 is 0 Å². The highest BCUT2D eigenvalue weighted by Crippen LogP contribution is 2.29. The predicted octanol–water partition coefficient (Wildman–Crippen LogP) is 3.73. The highest BCUT2D eigenvalue weighted by molar-refractivity contribution is 5.95. The number of carbonyl (C=O) groups excluding carboxylic acids is 1. The van der Waals surface area contributed by atoms with Crippen LogP contribution in [0, 0.1) is 13.8 Å². The van der Waals surface area contributed by atoms with Gasteiger partial charge in [0.25, 0.3) is 0 Å². The van der Waals surface area contributed by atoms with E-state index in [-0.39, 0.29) is 18.0 Å². The molecule has 2 aliphatic rings. The molecule has 1 amide bonds. The van der Waals surface area contributed by atoms with E-state index in [1.54, 1.807) is 0 Å². The highest BCUT2D eigenvalue weighted by Gasteiger charge is 2.30. The van der Waals surface area contributed by atoms with Crippen LogP contribution in [0.5, 0.6) is 0 Å². The first-order valence-corrected chi connectivity index (χ1v) is 9.61. The van der Waals surface area contributed by atoms with Gasteiger partial charge in [0.2, 0.25) is 5.91 Å². The third kappa shape index (κ3) is 3.39. The van der Waals surface area contributed by atoms with Crippen molar-refractivity contribution in [2.75, 3.05) is 5.32 Å². The molecule has 0 aromatic heterocycles. The molecule has 4 rings (SSSR count). The molecule has 1 aliphatic heterocycles. The third-order valence-corrected chi connectivity index (χ3v) is 5.81. The fraction of sp³-hybridized carbons (Fsp3) is 0.409. The molecule has 2 aromatic rings. The molecular weight excluding hydrogens is 322 g/mol. The maximum absolute atomic E-state index is 12.8. The Labute approximate surface area is 155 Å². The molecule has 1 saturated heterocycles. The number of carbonyl (C=O) groups is 1. The third-order valence-electron chi connectivity index (χ3n) is 5.81. The summed E-state index contributed by atoms with van der Waals surface area (Å²) >= 11 is 0. The quantitative estimate of drug-likeness (QED) is 0.791. The summed E-state index contributed by atoms with van der Waals surface area (Å²) in [5.74, 6) is 0.0443. The minimum absolute atomic E-state index is 0.0443. The number of fused-ring (bicyclic) bond motifs is 1. The van der Waals surface area contributed by atoms with E-state index in [4.69, 9.17) is 0 Å². The van der Waals surface area contributed by atoms with Gasteiger partial charge in [-0.05, 0) is 79.8 Å². The summed E-state index contributed by atoms with van der Waals surface area (Å²) in [5, 5.41) is 3.16. The van der Waals surface area contributed by atoms with Gasteiger partial charge in [-0.2, -0.15) is 0 Å². The molecule has 2 unspecified atom stereocenters. The second-order valence-corrected chi connectivity index (χ2v) is 7.61. The molecule has 2 aromatic carbocycles. The van der Waals surface area contributed by atoms with Crippen LogP contribution < -0.4 is 16.2 Å². The van der Waals surface area contributed by atoms with Crippen LogP contribution in [0.15, 0.2) is 36.4 Å². The molecule has 1 aliphatic carbocycles. The number of hydrazine groups is 1. The Morgan fingerprint density at radius 3 is 2.73 bits per heavy atom. The maximum atomic E-state index is 12.8. The Bertz CT molecular complexity index is 830. The minimum atomic E-state index is -0.221. The lowest BCUT2D eigenvalue weighted by Crippen LogP contribution is -2.39. The van der Waals surface area contributed by atoms with E-state index in [0.717, 1.165) is 24.9 Å². The normalized spacial score (nSPS) is 22.1. The number of amides is 1. The predicted molar refractivity (Wildman–Crippen MR) is 105 cm³/mol. The smallest absolute Gasteiger partial charge is 0.242 e. The number of rotatable bonds is 3. The van der Waals surface area contributed by atoms with Gasteiger partial charge in [0.1, 0.15) is 6.04 Å². The molecule has 3 N–H and O–H groups in total. The van der Waals surface area contributed by atoms with Crippen LogP contribution in [0.4, 0.5) is 5.69 Å². The Hall–Kier alpha value is -2.17. The molecule has 0 spiro atoms. The van der Waals surface area contributed by atoms with Gasteiger partial charge in [-0.1, -0.05) is 30.3 Å². The van der Waals surface area contributed by atoms with Gasteiger partial charge in [-0.3, -0.25) is 4.79 Å². The van der Waals surface area contributed by atoms with Crippen molar-refractivity contribution in [1.29, 1.82) is 0 Å². The summed E-state index contributed by atoms with van der Waals surface area (Å²) in [6.45, 7) is 4.25. The summed E-state index contributed by atoms with van der Waals surface area (Å²) in [6, 6.07) is 12.7. The molecule has 4 nitrogen and oxygen atoms in total. The summed E-state index contributed by atoms with van der Waals surface area (Å²) in [6.07, 6.45) is 5.39. The number of nitrogens with one attached hydrogen (secondary N) is 3. The largest absolute Gasteiger partial charge is 0.324 e. The zero-order valence-corrected chi connectivity index (χ0v) is 15.6. The second kappa shape index (κ2) is 7.22. The maximum Gasteiger partial charge on any atom is 0.242 e. The summed E-state index contributed by atoms with van der Waals surface area (Å²) < 4.78 is 0. The summed E-state index contributed by atoms with van der Waals surface area (Å²) in [4.78, 5) is 12.8. The van der Waals surface area contributed by atoms with Crippen molar-refractivity contribution >= 4 is 11.6 Å². The summed E-state index contributed by atoms with van der Waals surface area (Å²) in [7, 11) is 0. The number of hydrogen-bond donors (Lipinski definition) is 3. The van der Waals surface area contributed by atoms with Gasteiger partial charge in [0.05, 0.1) is 0 Å². The molecule has 0 radical (unpaired) electrons. The topological polar surface area (TPSA) is 53.2 Å². The molecule has 1 fully saturated rings. The Balaban J connectivity index is 1.44. The Morgan fingerprint density at radius 2 is 1.88 bits per heavy atom. The lowest BCUT2D eigenvalue weighted by molar-refractivity contribution is -0.117. The highest BCUT2D eigenvalue weighted by atomic mass is 16.2. The van der Waals surface area contributed by atoms with E-state index in [1.165, 1.54) is 40.7 Å². The van der Waals surface area contributed by atoms with Crippen molar-refractivity contribution in [3.63, 3.8) is 0 Å². The van der Waals surface area contributed by atoms with Crippen LogP contribution in [0.2, 0.25) is 0 Å². The fourth-order valence-corrected chi connectivity index (χ4v) is 4.05. The van der Waals surface area contributed by atoms with E-state index < -0.39 is 0 Å². The van der Waals surface area contributed by atoms with Crippen molar-refractivity contribution in [2.45, 2.75) is 58.0 Å². The van der Waals surface area contributed by atoms with Crippen LogP contribution in [0.25, 0.3) is 0 Å². The van der Waals surface area contributed by atoms with Crippen LogP contribution >= 0.6 is 0 Å². The van der Waals surface area contributed by atoms with Crippen molar-refractivity contribution in [3.05, 3.63) is 64.2 Å². The molecular formula is C22H27N3O. The van der Waals surface area contributed by atoms with Crippen molar-refractivity contribution < 1.29 is 4.79 Å². The van der Waals surface area contributed by atoms with Crippen molar-refractivity contribution in [3.8, 4) is 0 Å². The van der Waals surface area contributed by atoms with Crippen molar-refractivity contribution in [1.82, 2.24) is 10.9 Å². The standard InChI is InChI=1S/C22H27N3O/c1-14-10-11-17(12-15(14)2)20-13-21(25-24-20)22(26)23-19-9-5-7-16-6-3-4-8-18(16)19/h5,7,9-12,20-21,24-25H,3-4,6,8,13H2,1-2H3,(H,23,26). The SMILES string of the molecule is Cc1ccc(C2CC(C(=O)Nc3cccc4c3CCCC4)NN2)cc1C. The zero-order valence-electron chi connectivity index (χ0n) is 15.6. The second-order valence-electron chi connectivity index (χ2n) is 7.61. The molecule has 2 atom stereocenters. The monoisotopic (exact) mass is 349 g/mol. The first-order chi connectivity index (χ1) is 12.6. The number of anilines is 1. The lowest BCUT2D eigenvalue weighted by Gasteiger charge is -2.20. The first-order valence-electron chi connectivity index (χ1n) is 9.61. The zero-order chi connectivity index (χ0) is 18.1. The van der Waals surface area contributed by atoms with Gasteiger partial charge in [-0.15, -0.1) is 0 Å². The van der Waals surface area contributed by atoms with Gasteiger partial charge < -0.3 is 5.32 Å². The van der Waals surface area contributed by atoms with Gasteiger partial charge in [-0.25, -0.2) is 10.9 Å². The van der Waals surface area contributed by atoms with E-state index in [2.05, 4.69) is 60.3 Å². The molecule has 1 heterocycles. The molecule has 0 saturated carbocycles. The minimum Gasteiger partial charge on any atom is -0.324 e. The van der Waals surface area contributed by atoms with Crippen LogP contribution in [0.1, 0.15) is 53.1 Å². The number of aryl methyl sites for hydroxylation is 3. The Kier molecular flexibility index (Phi) is 4.79. The fourth-order valence-electron chi connectivity index (χ4n) is 4.05. The number of hydrogen-bond acceptors (Lipinski definition) is 3. The van der Waals surface area contributed by atoms with Gasteiger partial charge in [0, 0.05) is 11.7 Å². The average Bonchev–Trinajstić information content (AvgIpc) is 3.15. The van der Waals surface area contributed by atoms with Gasteiger partial charge in [0.15, 0.2) is 0 Å². The molecule has 136 valence electrons. The average molecular weight is 349 g/mol. The lowest BCUT2D eigenvalue weighted by atomic mass is 9.90. The van der Waals surface area contributed by atoms with E-state index in [0.29, 0.717) is 0 Å². The van der Waals surface area contributed by atoms with Gasteiger partial charge >= 0.3 is 0 Å². The molecule has 26 heavy (non-hydrogen) atoms. The van der Waals surface area contributed by atoms with Crippen LogP contribution in [-0.4, -0.2) is 11.9 Å². The van der Waals surface area contributed by atoms with Crippen LogP contribution in [-0.2, 0) is 17.6 Å². The van der Waals surface area contributed by atoms with E-state index in [1.807, 2.05) is 6.07 Å². The van der Waals surface area contributed by atoms with Crippen molar-refractivity contribution in [2.24, 2.45) is 0 Å². The molecule has 4 heteroatoms. The first kappa shape index (κ1) is 17.3. The number of benzene rings is 2. The Morgan fingerprint density at radius 1 is 1.04 bits per heavy atom. The van der Waals surface area contributed by atoms with E-state index in [9.17, 15) is 4.79 Å². The molecule has 0 bridgehead atoms.